The van der Waals surface area contributed by atoms with E-state index in [1.807, 2.05) is 6.08 Å². The van der Waals surface area contributed by atoms with Crippen molar-refractivity contribution in [3.63, 3.8) is 0 Å². The first-order valence-electron chi connectivity index (χ1n) is 3.35. The van der Waals surface area contributed by atoms with E-state index < -0.39 is 0 Å². The summed E-state index contributed by atoms with van der Waals surface area (Å²) in [6.45, 7) is 7.69. The second-order valence-corrected chi connectivity index (χ2v) is 2.51. The minimum Gasteiger partial charge on any atom is -0.129 e. The molecule has 0 bridgehead atoms. The van der Waals surface area contributed by atoms with E-state index in [0.717, 1.165) is 29.0 Å². The zero-order valence-corrected chi connectivity index (χ0v) is 6.04. The molecular formula is C8H7N3. The molecule has 1 aliphatic heterocycles. The van der Waals surface area contributed by atoms with E-state index in [-0.39, 0.29) is 0 Å². The van der Waals surface area contributed by atoms with Gasteiger partial charge in [0.2, 0.25) is 0 Å². The molecule has 1 heterocycles. The van der Waals surface area contributed by atoms with Crippen LogP contribution in [0.3, 0.4) is 0 Å². The van der Waals surface area contributed by atoms with Crippen LogP contribution in [-0.2, 0) is 0 Å². The fraction of sp³-hybridized carbons (Fsp3) is 0.125. The molecule has 1 aliphatic carbocycles. The predicted octanol–water partition coefficient (Wildman–Crippen LogP) is 2.21. The highest BCUT2D eigenvalue weighted by Crippen LogP contribution is 2.27. The lowest BCUT2D eigenvalue weighted by Crippen LogP contribution is -2.08. The van der Waals surface area contributed by atoms with Crippen molar-refractivity contribution >= 4 is 5.71 Å². The van der Waals surface area contributed by atoms with Gasteiger partial charge >= 0.3 is 0 Å². The standard InChI is InChI=1S/C8H7N3/c1-5-3-4-7-8(6(5)2)10-11-9-7/h4H,1-3H2. The lowest BCUT2D eigenvalue weighted by molar-refractivity contribution is 1.09. The van der Waals surface area contributed by atoms with Crippen molar-refractivity contribution in [1.82, 2.24) is 0 Å². The van der Waals surface area contributed by atoms with Gasteiger partial charge in [-0.05, 0) is 17.2 Å². The zero-order chi connectivity index (χ0) is 7.84. The highest BCUT2D eigenvalue weighted by Gasteiger charge is 2.20. The Morgan fingerprint density at radius 1 is 1.36 bits per heavy atom. The van der Waals surface area contributed by atoms with E-state index in [1.54, 1.807) is 0 Å². The van der Waals surface area contributed by atoms with Crippen LogP contribution in [0.1, 0.15) is 6.42 Å². The number of hydrogen-bond donors (Lipinski definition) is 0. The summed E-state index contributed by atoms with van der Waals surface area (Å²) < 4.78 is 0. The predicted molar refractivity (Wildman–Crippen MR) is 43.3 cm³/mol. The van der Waals surface area contributed by atoms with Gasteiger partial charge in [0.15, 0.2) is 0 Å². The molecule has 0 saturated heterocycles. The van der Waals surface area contributed by atoms with E-state index in [4.69, 9.17) is 0 Å². The van der Waals surface area contributed by atoms with Gasteiger partial charge in [0.25, 0.3) is 0 Å². The molecule has 3 nitrogen and oxygen atoms in total. The Labute approximate surface area is 64.5 Å². The van der Waals surface area contributed by atoms with Gasteiger partial charge in [-0.3, -0.25) is 0 Å². The Kier molecular flexibility index (Phi) is 1.12. The Bertz CT molecular complexity index is 331. The van der Waals surface area contributed by atoms with Crippen molar-refractivity contribution in [2.24, 2.45) is 15.4 Å². The monoisotopic (exact) mass is 145 g/mol. The second-order valence-electron chi connectivity index (χ2n) is 2.51. The van der Waals surface area contributed by atoms with Gasteiger partial charge in [-0.2, -0.15) is 0 Å². The smallest absolute Gasteiger partial charge is 0.122 e. The Morgan fingerprint density at radius 3 is 3.00 bits per heavy atom. The third kappa shape index (κ3) is 0.774. The van der Waals surface area contributed by atoms with Crippen LogP contribution in [-0.4, -0.2) is 5.71 Å². The minimum atomic E-state index is 0.779. The van der Waals surface area contributed by atoms with Crippen LogP contribution in [0, 0.1) is 0 Å². The number of fused-ring (bicyclic) bond motifs is 1. The van der Waals surface area contributed by atoms with Crippen molar-refractivity contribution in [3.05, 3.63) is 36.1 Å². The molecule has 0 aromatic carbocycles. The minimum absolute atomic E-state index is 0.779. The summed E-state index contributed by atoms with van der Waals surface area (Å²) in [5.41, 5.74) is 3.48. The molecule has 2 aliphatic rings. The Balaban J connectivity index is 2.52. The quantitative estimate of drug-likeness (QED) is 0.501. The normalized spacial score (nSPS) is 21.5. The highest BCUT2D eigenvalue weighted by atomic mass is 15.4. The molecule has 3 heteroatoms. The first-order valence-corrected chi connectivity index (χ1v) is 3.35. The maximum absolute atomic E-state index is 3.85. The SMILES string of the molecule is C=C1CC=C2N=NN=C2C1=C. The van der Waals surface area contributed by atoms with Crippen LogP contribution < -0.4 is 0 Å². The van der Waals surface area contributed by atoms with E-state index >= 15 is 0 Å². The summed E-state index contributed by atoms with van der Waals surface area (Å²) in [6, 6.07) is 0. The number of rotatable bonds is 0. The molecule has 0 atom stereocenters. The van der Waals surface area contributed by atoms with Crippen molar-refractivity contribution < 1.29 is 0 Å². The molecule has 0 radical (unpaired) electrons. The molecule has 0 spiro atoms. The average molecular weight is 145 g/mol. The average Bonchev–Trinajstić information content (AvgIpc) is 2.45. The number of allylic oxidation sites excluding steroid dienone is 3. The van der Waals surface area contributed by atoms with Crippen molar-refractivity contribution in [2.45, 2.75) is 6.42 Å². The lowest BCUT2D eigenvalue weighted by atomic mass is 9.94. The zero-order valence-electron chi connectivity index (χ0n) is 6.04. The Hall–Kier alpha value is -1.51. The molecule has 0 saturated carbocycles. The summed E-state index contributed by atoms with van der Waals surface area (Å²) in [5.74, 6) is 0. The highest BCUT2D eigenvalue weighted by molar-refractivity contribution is 6.15. The number of hydrogen-bond acceptors (Lipinski definition) is 3. The Morgan fingerprint density at radius 2 is 2.18 bits per heavy atom. The molecule has 11 heavy (non-hydrogen) atoms. The van der Waals surface area contributed by atoms with Crippen LogP contribution in [0.15, 0.2) is 51.5 Å². The van der Waals surface area contributed by atoms with Crippen molar-refractivity contribution in [3.8, 4) is 0 Å². The number of nitrogens with zero attached hydrogens (tertiary/aromatic N) is 3. The van der Waals surface area contributed by atoms with E-state index in [1.165, 1.54) is 0 Å². The summed E-state index contributed by atoms with van der Waals surface area (Å²) >= 11 is 0. The molecule has 0 aromatic heterocycles. The largest absolute Gasteiger partial charge is 0.129 e. The fourth-order valence-corrected chi connectivity index (χ4v) is 1.08. The van der Waals surface area contributed by atoms with Gasteiger partial charge in [-0.15, -0.1) is 10.2 Å². The lowest BCUT2D eigenvalue weighted by Gasteiger charge is -2.11. The third-order valence-corrected chi connectivity index (χ3v) is 1.79. The van der Waals surface area contributed by atoms with Crippen LogP contribution >= 0.6 is 0 Å². The van der Waals surface area contributed by atoms with Gasteiger partial charge in [-0.1, -0.05) is 19.2 Å². The molecule has 0 N–H and O–H groups in total. The first kappa shape index (κ1) is 6.22. The van der Waals surface area contributed by atoms with Gasteiger partial charge < -0.3 is 0 Å². The molecule has 0 amide bonds. The summed E-state index contributed by atoms with van der Waals surface area (Å²) in [7, 11) is 0. The second kappa shape index (κ2) is 1.99. The summed E-state index contributed by atoms with van der Waals surface area (Å²) in [5, 5.41) is 11.2. The summed E-state index contributed by atoms with van der Waals surface area (Å²) in [6.07, 6.45) is 2.78. The van der Waals surface area contributed by atoms with Gasteiger partial charge in [-0.25, -0.2) is 0 Å². The maximum Gasteiger partial charge on any atom is 0.122 e. The van der Waals surface area contributed by atoms with Crippen molar-refractivity contribution in [2.75, 3.05) is 0 Å². The van der Waals surface area contributed by atoms with Crippen LogP contribution in [0.25, 0.3) is 0 Å². The van der Waals surface area contributed by atoms with Gasteiger partial charge in [0, 0.05) is 5.57 Å². The van der Waals surface area contributed by atoms with Gasteiger partial charge in [0.05, 0.1) is 0 Å². The van der Waals surface area contributed by atoms with E-state index in [9.17, 15) is 0 Å². The molecular weight excluding hydrogens is 138 g/mol. The first-order chi connectivity index (χ1) is 5.29. The summed E-state index contributed by atoms with van der Waals surface area (Å²) in [4.78, 5) is 0. The molecule has 0 unspecified atom stereocenters. The molecule has 0 fully saturated rings. The fourth-order valence-electron chi connectivity index (χ4n) is 1.08. The van der Waals surface area contributed by atoms with Gasteiger partial charge in [0.1, 0.15) is 11.4 Å². The third-order valence-electron chi connectivity index (χ3n) is 1.79. The van der Waals surface area contributed by atoms with Crippen LogP contribution in [0.2, 0.25) is 0 Å². The maximum atomic E-state index is 3.85. The van der Waals surface area contributed by atoms with Crippen LogP contribution in [0.5, 0.6) is 0 Å². The molecule has 54 valence electrons. The topological polar surface area (TPSA) is 37.1 Å². The van der Waals surface area contributed by atoms with E-state index in [0.29, 0.717) is 0 Å². The molecule has 0 aromatic rings. The molecule has 2 rings (SSSR count). The van der Waals surface area contributed by atoms with E-state index in [2.05, 4.69) is 28.6 Å². The van der Waals surface area contributed by atoms with Crippen molar-refractivity contribution in [1.29, 1.82) is 0 Å². The van der Waals surface area contributed by atoms with Crippen LogP contribution in [0.4, 0.5) is 0 Å².